The maximum atomic E-state index is 14.0. The number of halogens is 2. The molecule has 0 radical (unpaired) electrons. The van der Waals surface area contributed by atoms with Gasteiger partial charge in [-0.25, -0.2) is 23.1 Å². The van der Waals surface area contributed by atoms with E-state index in [1.807, 2.05) is 24.3 Å². The summed E-state index contributed by atoms with van der Waals surface area (Å²) in [7, 11) is 0. The molecule has 0 spiro atoms. The minimum atomic E-state index is -2.72. The van der Waals surface area contributed by atoms with Crippen LogP contribution in [0.3, 0.4) is 0 Å². The van der Waals surface area contributed by atoms with Crippen molar-refractivity contribution in [3.63, 3.8) is 0 Å². The topological polar surface area (TPSA) is 102 Å². The average molecular weight is 518 g/mol. The van der Waals surface area contributed by atoms with E-state index in [1.165, 1.54) is 17.2 Å². The number of nitrogens with one attached hydrogen (secondary N) is 1. The molecule has 6 rings (SSSR count). The Morgan fingerprint density at radius 2 is 1.82 bits per heavy atom. The van der Waals surface area contributed by atoms with Gasteiger partial charge in [-0.15, -0.1) is 0 Å². The SMILES string of the molecule is Cc1nn(CC(=O)Nc2ccc(N3CCCCC3)c3nonc23)c2nc(-c3ccccc3)cc(C(F)F)c12. The molecule has 5 aromatic rings. The number of alkyl halides is 2. The zero-order valence-electron chi connectivity index (χ0n) is 20.7. The minimum absolute atomic E-state index is 0.165. The van der Waals surface area contributed by atoms with Crippen LogP contribution in [-0.2, 0) is 11.3 Å². The molecular formula is C27H25F2N7O2. The lowest BCUT2D eigenvalue weighted by Gasteiger charge is -2.28. The maximum absolute atomic E-state index is 14.0. The smallest absolute Gasteiger partial charge is 0.264 e. The standard InChI is InChI=1S/C27H25F2N7O2/c1-16-23-18(26(28)29)14-20(17-8-4-2-5-9-17)31-27(23)36(32-16)15-22(37)30-19-10-11-21(25-24(19)33-38-34-25)35-12-6-3-7-13-35/h2,4-5,8-11,14,26H,3,6-7,12-13,15H2,1H3,(H,30,37). The summed E-state index contributed by atoms with van der Waals surface area (Å²) in [5, 5.41) is 15.6. The molecule has 11 heteroatoms. The fourth-order valence-corrected chi connectivity index (χ4v) is 5.10. The number of amides is 1. The second kappa shape index (κ2) is 9.81. The van der Waals surface area contributed by atoms with E-state index in [9.17, 15) is 13.6 Å². The summed E-state index contributed by atoms with van der Waals surface area (Å²) in [4.78, 5) is 20.0. The lowest BCUT2D eigenvalue weighted by Crippen LogP contribution is -2.29. The van der Waals surface area contributed by atoms with Crippen molar-refractivity contribution in [3.05, 3.63) is 59.8 Å². The van der Waals surface area contributed by atoms with Gasteiger partial charge in [0, 0.05) is 24.2 Å². The summed E-state index contributed by atoms with van der Waals surface area (Å²) in [6.45, 7) is 3.27. The van der Waals surface area contributed by atoms with Gasteiger partial charge < -0.3 is 10.2 Å². The highest BCUT2D eigenvalue weighted by molar-refractivity contribution is 6.03. The van der Waals surface area contributed by atoms with Gasteiger partial charge in [-0.05, 0) is 54.7 Å². The lowest BCUT2D eigenvalue weighted by atomic mass is 10.1. The summed E-state index contributed by atoms with van der Waals surface area (Å²) < 4.78 is 34.5. The predicted molar refractivity (Wildman–Crippen MR) is 139 cm³/mol. The molecule has 2 aromatic carbocycles. The highest BCUT2D eigenvalue weighted by Gasteiger charge is 2.23. The molecule has 1 saturated heterocycles. The number of fused-ring (bicyclic) bond motifs is 2. The van der Waals surface area contributed by atoms with E-state index in [0.717, 1.165) is 31.6 Å². The highest BCUT2D eigenvalue weighted by Crippen LogP contribution is 2.34. The summed E-state index contributed by atoms with van der Waals surface area (Å²) >= 11 is 0. The van der Waals surface area contributed by atoms with Crippen LogP contribution in [0.2, 0.25) is 0 Å². The van der Waals surface area contributed by atoms with Crippen molar-refractivity contribution in [2.24, 2.45) is 0 Å². The van der Waals surface area contributed by atoms with E-state index in [0.29, 0.717) is 33.7 Å². The molecular weight excluding hydrogens is 492 g/mol. The van der Waals surface area contributed by atoms with Crippen molar-refractivity contribution >= 4 is 39.3 Å². The average Bonchev–Trinajstić information content (AvgIpc) is 3.55. The number of pyridine rings is 1. The number of nitrogens with zero attached hydrogens (tertiary/aromatic N) is 6. The van der Waals surface area contributed by atoms with Crippen LogP contribution in [0.1, 0.15) is 36.9 Å². The molecule has 1 N–H and O–H groups in total. The van der Waals surface area contributed by atoms with E-state index < -0.39 is 12.3 Å². The Bertz CT molecular complexity index is 1630. The number of hydrogen-bond acceptors (Lipinski definition) is 7. The minimum Gasteiger partial charge on any atom is -0.370 e. The fraction of sp³-hybridized carbons (Fsp3) is 0.296. The third-order valence-electron chi connectivity index (χ3n) is 6.87. The van der Waals surface area contributed by atoms with Crippen LogP contribution in [0, 0.1) is 6.92 Å². The summed E-state index contributed by atoms with van der Waals surface area (Å²) in [5.41, 5.74) is 3.93. The van der Waals surface area contributed by atoms with Crippen molar-refractivity contribution in [2.45, 2.75) is 39.2 Å². The van der Waals surface area contributed by atoms with Crippen LogP contribution in [0.25, 0.3) is 33.3 Å². The highest BCUT2D eigenvalue weighted by atomic mass is 19.3. The number of aryl methyl sites for hydroxylation is 1. The van der Waals surface area contributed by atoms with Gasteiger partial charge in [0.1, 0.15) is 6.54 Å². The molecule has 4 heterocycles. The molecule has 38 heavy (non-hydrogen) atoms. The van der Waals surface area contributed by atoms with Gasteiger partial charge in [0.2, 0.25) is 5.91 Å². The first-order valence-electron chi connectivity index (χ1n) is 12.5. The molecule has 0 bridgehead atoms. The molecule has 0 unspecified atom stereocenters. The molecule has 0 atom stereocenters. The van der Waals surface area contributed by atoms with Crippen LogP contribution >= 0.6 is 0 Å². The zero-order chi connectivity index (χ0) is 26.2. The largest absolute Gasteiger partial charge is 0.370 e. The Morgan fingerprint density at radius 3 is 2.58 bits per heavy atom. The molecule has 9 nitrogen and oxygen atoms in total. The molecule has 1 fully saturated rings. The zero-order valence-corrected chi connectivity index (χ0v) is 20.7. The van der Waals surface area contributed by atoms with Crippen LogP contribution in [-0.4, -0.2) is 44.1 Å². The van der Waals surface area contributed by atoms with Gasteiger partial charge in [-0.1, -0.05) is 30.3 Å². The van der Waals surface area contributed by atoms with Crippen LogP contribution in [0.5, 0.6) is 0 Å². The number of anilines is 2. The number of piperidine rings is 1. The van der Waals surface area contributed by atoms with Gasteiger partial charge in [0.15, 0.2) is 16.7 Å². The Balaban J connectivity index is 1.32. The Kier molecular flexibility index (Phi) is 6.18. The fourth-order valence-electron chi connectivity index (χ4n) is 5.10. The number of carbonyl (C=O) groups is 1. The van der Waals surface area contributed by atoms with Gasteiger partial charge in [-0.3, -0.25) is 4.79 Å². The molecule has 0 aliphatic carbocycles. The molecule has 194 valence electrons. The number of hydrogen-bond donors (Lipinski definition) is 1. The number of benzene rings is 2. The van der Waals surface area contributed by atoms with Crippen LogP contribution in [0.4, 0.5) is 20.2 Å². The Hall–Kier alpha value is -4.41. The van der Waals surface area contributed by atoms with Crippen molar-refractivity contribution in [1.29, 1.82) is 0 Å². The number of aromatic nitrogens is 5. The third-order valence-corrected chi connectivity index (χ3v) is 6.87. The molecule has 1 aliphatic rings. The normalized spacial score (nSPS) is 14.1. The first-order valence-corrected chi connectivity index (χ1v) is 12.5. The quantitative estimate of drug-likeness (QED) is 0.317. The van der Waals surface area contributed by atoms with E-state index in [4.69, 9.17) is 4.63 Å². The second-order valence-corrected chi connectivity index (χ2v) is 9.39. The van der Waals surface area contributed by atoms with Crippen LogP contribution < -0.4 is 10.2 Å². The molecule has 3 aromatic heterocycles. The number of carbonyl (C=O) groups excluding carboxylic acids is 1. The first-order chi connectivity index (χ1) is 18.5. The Labute approximate surface area is 216 Å². The van der Waals surface area contributed by atoms with E-state index in [1.54, 1.807) is 25.1 Å². The maximum Gasteiger partial charge on any atom is 0.264 e. The van der Waals surface area contributed by atoms with Crippen LogP contribution in [0.15, 0.2) is 53.2 Å². The van der Waals surface area contributed by atoms with Crippen molar-refractivity contribution < 1.29 is 18.2 Å². The summed E-state index contributed by atoms with van der Waals surface area (Å²) in [6, 6.07) is 14.1. The van der Waals surface area contributed by atoms with E-state index >= 15 is 0 Å². The lowest BCUT2D eigenvalue weighted by molar-refractivity contribution is -0.116. The second-order valence-electron chi connectivity index (χ2n) is 9.39. The predicted octanol–water partition coefficient (Wildman–Crippen LogP) is 5.51. The number of rotatable bonds is 6. The van der Waals surface area contributed by atoms with E-state index in [2.05, 4.69) is 30.6 Å². The van der Waals surface area contributed by atoms with Gasteiger partial charge in [0.25, 0.3) is 6.43 Å². The van der Waals surface area contributed by atoms with Gasteiger partial charge >= 0.3 is 0 Å². The first kappa shape index (κ1) is 24.0. The van der Waals surface area contributed by atoms with Gasteiger partial charge in [0.05, 0.1) is 28.1 Å². The monoisotopic (exact) mass is 517 g/mol. The summed E-state index contributed by atoms with van der Waals surface area (Å²) in [5.74, 6) is -0.407. The van der Waals surface area contributed by atoms with E-state index in [-0.39, 0.29) is 23.1 Å². The third kappa shape index (κ3) is 4.33. The Morgan fingerprint density at radius 1 is 1.05 bits per heavy atom. The van der Waals surface area contributed by atoms with Crippen molar-refractivity contribution in [1.82, 2.24) is 25.1 Å². The van der Waals surface area contributed by atoms with Gasteiger partial charge in [-0.2, -0.15) is 5.10 Å². The van der Waals surface area contributed by atoms with Crippen molar-refractivity contribution in [3.8, 4) is 11.3 Å². The van der Waals surface area contributed by atoms with Crippen molar-refractivity contribution in [2.75, 3.05) is 23.3 Å². The molecule has 0 saturated carbocycles. The summed E-state index contributed by atoms with van der Waals surface area (Å²) in [6.07, 6.45) is 0.693. The molecule has 1 aliphatic heterocycles. The molecule has 1 amide bonds.